The van der Waals surface area contributed by atoms with Gasteiger partial charge in [-0.3, -0.25) is 0 Å². The van der Waals surface area contributed by atoms with Crippen molar-refractivity contribution in [3.8, 4) is 0 Å². The van der Waals surface area contributed by atoms with Crippen molar-refractivity contribution in [2.24, 2.45) is 0 Å². The van der Waals surface area contributed by atoms with Gasteiger partial charge in [-0.05, 0) is 35.9 Å². The van der Waals surface area contributed by atoms with E-state index in [1.165, 1.54) is 22.5 Å². The van der Waals surface area contributed by atoms with Gasteiger partial charge in [0, 0.05) is 23.9 Å². The lowest BCUT2D eigenvalue weighted by molar-refractivity contribution is 0.281. The van der Waals surface area contributed by atoms with Crippen LogP contribution in [0.5, 0.6) is 0 Å². The van der Waals surface area contributed by atoms with Gasteiger partial charge in [-0.15, -0.1) is 0 Å². The molecule has 0 aliphatic carbocycles. The Hall–Kier alpha value is -0.270. The van der Waals surface area contributed by atoms with Crippen LogP contribution in [0, 0.1) is 0 Å². The zero-order valence-electron chi connectivity index (χ0n) is 10.5. The molecule has 0 radical (unpaired) electrons. The standard InChI is InChI=1S/C12H16ClNO3S2/c1-14(10-4-5-18-8-10)19(16,17)11-2-3-12(13)9(6-11)7-15/h2-3,6,10,15H,4-5,7-8H2,1H3. The Labute approximate surface area is 122 Å². The molecular weight excluding hydrogens is 306 g/mol. The topological polar surface area (TPSA) is 57.6 Å². The van der Waals surface area contributed by atoms with E-state index in [-0.39, 0.29) is 17.5 Å². The molecule has 7 heteroatoms. The van der Waals surface area contributed by atoms with Crippen molar-refractivity contribution in [1.29, 1.82) is 0 Å². The lowest BCUT2D eigenvalue weighted by Gasteiger charge is -2.23. The number of hydrogen-bond donors (Lipinski definition) is 1. The van der Waals surface area contributed by atoms with Gasteiger partial charge in [0.15, 0.2) is 0 Å². The van der Waals surface area contributed by atoms with E-state index in [0.29, 0.717) is 10.6 Å². The number of thioether (sulfide) groups is 1. The summed E-state index contributed by atoms with van der Waals surface area (Å²) < 4.78 is 26.4. The van der Waals surface area contributed by atoms with Gasteiger partial charge >= 0.3 is 0 Å². The quantitative estimate of drug-likeness (QED) is 0.921. The van der Waals surface area contributed by atoms with E-state index in [9.17, 15) is 8.42 Å². The molecule has 19 heavy (non-hydrogen) atoms. The lowest BCUT2D eigenvalue weighted by atomic mass is 10.2. The van der Waals surface area contributed by atoms with Crippen LogP contribution in [0.15, 0.2) is 23.1 Å². The number of nitrogens with zero attached hydrogens (tertiary/aromatic N) is 1. The fraction of sp³-hybridized carbons (Fsp3) is 0.500. The summed E-state index contributed by atoms with van der Waals surface area (Å²) in [4.78, 5) is 0.181. The Bertz CT molecular complexity index is 556. The summed E-state index contributed by atoms with van der Waals surface area (Å²) in [7, 11) is -1.91. The highest BCUT2D eigenvalue weighted by Gasteiger charge is 2.30. The van der Waals surface area contributed by atoms with E-state index in [0.717, 1.165) is 17.9 Å². The molecular formula is C12H16ClNO3S2. The van der Waals surface area contributed by atoms with Crippen molar-refractivity contribution in [3.05, 3.63) is 28.8 Å². The van der Waals surface area contributed by atoms with Crippen LogP contribution < -0.4 is 0 Å². The third kappa shape index (κ3) is 3.08. The number of rotatable bonds is 4. The molecule has 1 aliphatic heterocycles. The summed E-state index contributed by atoms with van der Waals surface area (Å²) >= 11 is 7.65. The minimum atomic E-state index is -3.52. The molecule has 1 heterocycles. The molecule has 4 nitrogen and oxygen atoms in total. The Morgan fingerprint density at radius 2 is 2.26 bits per heavy atom. The SMILES string of the molecule is CN(C1CCSC1)S(=O)(=O)c1ccc(Cl)c(CO)c1. The van der Waals surface area contributed by atoms with Crippen molar-refractivity contribution < 1.29 is 13.5 Å². The maximum atomic E-state index is 12.5. The van der Waals surface area contributed by atoms with Gasteiger partial charge in [0.05, 0.1) is 11.5 Å². The van der Waals surface area contributed by atoms with E-state index < -0.39 is 10.0 Å². The third-order valence-corrected chi connectivity index (χ3v) is 6.70. The predicted octanol–water partition coefficient (Wildman–Crippen LogP) is 1.96. The Morgan fingerprint density at radius 3 is 2.84 bits per heavy atom. The highest BCUT2D eigenvalue weighted by atomic mass is 35.5. The minimum absolute atomic E-state index is 0.0447. The normalized spacial score (nSPS) is 20.1. The first-order valence-electron chi connectivity index (χ1n) is 5.92. The second-order valence-corrected chi connectivity index (χ2v) is 8.00. The van der Waals surface area contributed by atoms with Gasteiger partial charge in [0.25, 0.3) is 0 Å². The van der Waals surface area contributed by atoms with Crippen LogP contribution >= 0.6 is 23.4 Å². The molecule has 1 saturated heterocycles. The van der Waals surface area contributed by atoms with Crippen molar-refractivity contribution in [2.45, 2.75) is 24.0 Å². The average molecular weight is 322 g/mol. The number of halogens is 1. The van der Waals surface area contributed by atoms with Gasteiger partial charge < -0.3 is 5.11 Å². The summed E-state index contributed by atoms with van der Waals surface area (Å²) in [6.07, 6.45) is 0.876. The van der Waals surface area contributed by atoms with Crippen molar-refractivity contribution in [3.63, 3.8) is 0 Å². The number of hydrogen-bond acceptors (Lipinski definition) is 4. The smallest absolute Gasteiger partial charge is 0.243 e. The number of aliphatic hydroxyl groups is 1. The molecule has 2 rings (SSSR count). The monoisotopic (exact) mass is 321 g/mol. The number of sulfonamides is 1. The second-order valence-electron chi connectivity index (χ2n) is 4.45. The Kier molecular flexibility index (Phi) is 4.79. The molecule has 1 fully saturated rings. The molecule has 0 amide bonds. The molecule has 1 aromatic rings. The predicted molar refractivity (Wildman–Crippen MR) is 78.1 cm³/mol. The first kappa shape index (κ1) is 15.1. The molecule has 0 aromatic heterocycles. The van der Waals surface area contributed by atoms with Crippen LogP contribution in [-0.2, 0) is 16.6 Å². The van der Waals surface area contributed by atoms with E-state index in [2.05, 4.69) is 0 Å². The van der Waals surface area contributed by atoms with Crippen LogP contribution in [0.25, 0.3) is 0 Å². The van der Waals surface area contributed by atoms with Crippen molar-refractivity contribution >= 4 is 33.4 Å². The fourth-order valence-corrected chi connectivity index (χ4v) is 4.98. The summed E-state index contributed by atoms with van der Waals surface area (Å²) in [5.74, 6) is 1.82. The van der Waals surface area contributed by atoms with Crippen molar-refractivity contribution in [1.82, 2.24) is 4.31 Å². The first-order valence-corrected chi connectivity index (χ1v) is 8.89. The van der Waals surface area contributed by atoms with Crippen LogP contribution in [0.1, 0.15) is 12.0 Å². The number of aliphatic hydroxyl groups excluding tert-OH is 1. The van der Waals surface area contributed by atoms with Crippen LogP contribution in [0.2, 0.25) is 5.02 Å². The molecule has 106 valence electrons. The summed E-state index contributed by atoms with van der Waals surface area (Å²) in [5, 5.41) is 9.54. The average Bonchev–Trinajstić information content (AvgIpc) is 2.91. The number of benzene rings is 1. The van der Waals surface area contributed by atoms with Gasteiger partial charge in [-0.2, -0.15) is 16.1 Å². The molecule has 0 spiro atoms. The van der Waals surface area contributed by atoms with Crippen LogP contribution in [0.4, 0.5) is 0 Å². The summed E-state index contributed by atoms with van der Waals surface area (Å²) in [6, 6.07) is 4.48. The van der Waals surface area contributed by atoms with E-state index in [1.54, 1.807) is 18.8 Å². The molecule has 0 saturated carbocycles. The second kappa shape index (κ2) is 6.01. The first-order chi connectivity index (χ1) is 8.96. The van der Waals surface area contributed by atoms with Crippen molar-refractivity contribution in [2.75, 3.05) is 18.6 Å². The van der Waals surface area contributed by atoms with Gasteiger partial charge in [0.1, 0.15) is 0 Å². The van der Waals surface area contributed by atoms with Crippen LogP contribution in [-0.4, -0.2) is 42.4 Å². The van der Waals surface area contributed by atoms with Crippen LogP contribution in [0.3, 0.4) is 0 Å². The maximum Gasteiger partial charge on any atom is 0.243 e. The van der Waals surface area contributed by atoms with Gasteiger partial charge in [0.2, 0.25) is 10.0 Å². The molecule has 1 aliphatic rings. The Balaban J connectivity index is 2.33. The molecule has 1 unspecified atom stereocenters. The highest BCUT2D eigenvalue weighted by Crippen LogP contribution is 2.28. The molecule has 1 N–H and O–H groups in total. The zero-order valence-corrected chi connectivity index (χ0v) is 12.9. The largest absolute Gasteiger partial charge is 0.392 e. The zero-order chi connectivity index (χ0) is 14.0. The summed E-state index contributed by atoms with van der Waals surface area (Å²) in [6.45, 7) is -0.273. The molecule has 1 aromatic carbocycles. The maximum absolute atomic E-state index is 12.5. The third-order valence-electron chi connectivity index (χ3n) is 3.28. The van der Waals surface area contributed by atoms with E-state index in [4.69, 9.17) is 16.7 Å². The van der Waals surface area contributed by atoms with Gasteiger partial charge in [-0.25, -0.2) is 8.42 Å². The lowest BCUT2D eigenvalue weighted by Crippen LogP contribution is -2.37. The van der Waals surface area contributed by atoms with E-state index >= 15 is 0 Å². The van der Waals surface area contributed by atoms with E-state index in [1.807, 2.05) is 0 Å². The highest BCUT2D eigenvalue weighted by molar-refractivity contribution is 7.99. The fourth-order valence-electron chi connectivity index (χ4n) is 2.00. The Morgan fingerprint density at radius 1 is 1.53 bits per heavy atom. The van der Waals surface area contributed by atoms with Gasteiger partial charge in [-0.1, -0.05) is 11.6 Å². The molecule has 1 atom stereocenters. The molecule has 0 bridgehead atoms. The minimum Gasteiger partial charge on any atom is -0.392 e. The summed E-state index contributed by atoms with van der Waals surface area (Å²) in [5.41, 5.74) is 0.428.